The lowest BCUT2D eigenvalue weighted by molar-refractivity contribution is -0.158. The molecule has 4 bridgehead atoms. The molecular weight excluding hydrogens is 370 g/mol. The highest BCUT2D eigenvalue weighted by atomic mass is 16.5. The summed E-state index contributed by atoms with van der Waals surface area (Å²) in [6, 6.07) is -0.420. The van der Waals surface area contributed by atoms with E-state index >= 15 is 0 Å². The van der Waals surface area contributed by atoms with Crippen molar-refractivity contribution >= 4 is 0 Å². The fourth-order valence-electron chi connectivity index (χ4n) is 7.11. The van der Waals surface area contributed by atoms with Crippen molar-refractivity contribution in [3.05, 3.63) is 0 Å². The van der Waals surface area contributed by atoms with Gasteiger partial charge in [-0.15, -0.1) is 0 Å². The fraction of sp³-hybridized carbons (Fsp3) is 1.00. The van der Waals surface area contributed by atoms with E-state index in [1.165, 1.54) is 38.5 Å². The predicted octanol–water partition coefficient (Wildman–Crippen LogP) is 1.80. The zero-order chi connectivity index (χ0) is 20.4. The van der Waals surface area contributed by atoms with E-state index in [9.17, 15) is 15.3 Å². The van der Waals surface area contributed by atoms with E-state index < -0.39 is 24.4 Å². The van der Waals surface area contributed by atoms with E-state index in [-0.39, 0.29) is 6.61 Å². The molecule has 1 saturated heterocycles. The first-order valence-electron chi connectivity index (χ1n) is 11.9. The molecule has 3 N–H and O–H groups in total. The maximum absolute atomic E-state index is 10.2. The fourth-order valence-corrected chi connectivity index (χ4v) is 7.11. The quantitative estimate of drug-likeness (QED) is 0.476. The Labute approximate surface area is 175 Å². The average Bonchev–Trinajstić information content (AvgIpc) is 2.67. The Morgan fingerprint density at radius 3 is 2.14 bits per heavy atom. The molecule has 5 rings (SSSR count). The Kier molecular flexibility index (Phi) is 7.19. The molecule has 0 unspecified atom stereocenters. The third-order valence-corrected chi connectivity index (χ3v) is 8.18. The lowest BCUT2D eigenvalue weighted by atomic mass is 9.50. The minimum atomic E-state index is -0.971. The standard InChI is InChI=1S/C23H41NO5/c1-24-13-20(22(27)21(26)19(24)14-25)29-6-4-2-3-5-28-15-23-10-16-7-17(11-23)9-18(8-16)12-23/h16-22,25-27H,2-15H2,1H3/t16?,17?,18?,19-,20-,21+,22-,23?/m1/s1. The first-order chi connectivity index (χ1) is 14.0. The van der Waals surface area contributed by atoms with Crippen LogP contribution in [-0.4, -0.2) is 84.6 Å². The number of nitrogens with zero attached hydrogens (tertiary/aromatic N) is 1. The molecule has 168 valence electrons. The molecule has 6 heteroatoms. The molecule has 4 atom stereocenters. The number of rotatable bonds is 10. The molecule has 6 nitrogen and oxygen atoms in total. The summed E-state index contributed by atoms with van der Waals surface area (Å²) in [6.07, 6.45) is 9.44. The molecule has 29 heavy (non-hydrogen) atoms. The lowest BCUT2D eigenvalue weighted by Crippen LogP contribution is -2.61. The van der Waals surface area contributed by atoms with Crippen LogP contribution in [0.1, 0.15) is 57.8 Å². The number of ether oxygens (including phenoxy) is 2. The van der Waals surface area contributed by atoms with Crippen molar-refractivity contribution in [2.75, 3.05) is 40.0 Å². The number of unbranched alkanes of at least 4 members (excludes halogenated alkanes) is 2. The normalized spacial score (nSPS) is 44.5. The highest BCUT2D eigenvalue weighted by Gasteiger charge is 2.50. The van der Waals surface area contributed by atoms with Crippen LogP contribution in [0.4, 0.5) is 0 Å². The third-order valence-electron chi connectivity index (χ3n) is 8.18. The second-order valence-corrected chi connectivity index (χ2v) is 10.6. The number of piperidine rings is 1. The maximum Gasteiger partial charge on any atom is 0.109 e. The van der Waals surface area contributed by atoms with Crippen molar-refractivity contribution in [1.82, 2.24) is 4.90 Å². The highest BCUT2D eigenvalue weighted by Crippen LogP contribution is 2.60. The van der Waals surface area contributed by atoms with Crippen LogP contribution < -0.4 is 0 Å². The molecule has 1 heterocycles. The average molecular weight is 412 g/mol. The van der Waals surface area contributed by atoms with Gasteiger partial charge in [-0.1, -0.05) is 0 Å². The van der Waals surface area contributed by atoms with Crippen LogP contribution in [0.25, 0.3) is 0 Å². The summed E-state index contributed by atoms with van der Waals surface area (Å²) in [6.45, 7) is 2.76. The Balaban J connectivity index is 1.07. The largest absolute Gasteiger partial charge is 0.395 e. The van der Waals surface area contributed by atoms with Gasteiger partial charge < -0.3 is 24.8 Å². The topological polar surface area (TPSA) is 82.4 Å². The molecule has 5 fully saturated rings. The monoisotopic (exact) mass is 411 g/mol. The van der Waals surface area contributed by atoms with Crippen LogP contribution >= 0.6 is 0 Å². The number of likely N-dealkylation sites (tertiary alicyclic amines) is 1. The Morgan fingerprint density at radius 2 is 1.52 bits per heavy atom. The van der Waals surface area contributed by atoms with Gasteiger partial charge in [0.05, 0.1) is 25.4 Å². The number of aliphatic hydroxyl groups is 3. The molecule has 0 aromatic heterocycles. The smallest absolute Gasteiger partial charge is 0.109 e. The van der Waals surface area contributed by atoms with Crippen molar-refractivity contribution in [3.8, 4) is 0 Å². The van der Waals surface area contributed by atoms with Crippen LogP contribution in [-0.2, 0) is 9.47 Å². The first kappa shape index (κ1) is 22.0. The van der Waals surface area contributed by atoms with Gasteiger partial charge in [0.1, 0.15) is 12.2 Å². The zero-order valence-electron chi connectivity index (χ0n) is 18.0. The maximum atomic E-state index is 10.2. The number of hydrogen-bond acceptors (Lipinski definition) is 6. The Morgan fingerprint density at radius 1 is 0.897 bits per heavy atom. The Bertz CT molecular complexity index is 494. The summed E-state index contributed by atoms with van der Waals surface area (Å²) >= 11 is 0. The van der Waals surface area contributed by atoms with Crippen LogP contribution in [0.15, 0.2) is 0 Å². The number of aliphatic hydroxyl groups excluding tert-OH is 3. The van der Waals surface area contributed by atoms with Gasteiger partial charge in [-0.2, -0.15) is 0 Å². The van der Waals surface area contributed by atoms with Crippen molar-refractivity contribution in [3.63, 3.8) is 0 Å². The van der Waals surface area contributed by atoms with Gasteiger partial charge in [0.25, 0.3) is 0 Å². The second kappa shape index (κ2) is 9.49. The zero-order valence-corrected chi connectivity index (χ0v) is 18.0. The lowest BCUT2D eigenvalue weighted by Gasteiger charge is -2.56. The second-order valence-electron chi connectivity index (χ2n) is 10.6. The molecule has 4 aliphatic carbocycles. The number of hydrogen-bond donors (Lipinski definition) is 3. The van der Waals surface area contributed by atoms with Gasteiger partial charge in [0.15, 0.2) is 0 Å². The minimum Gasteiger partial charge on any atom is -0.395 e. The Hall–Kier alpha value is -0.240. The highest BCUT2D eigenvalue weighted by molar-refractivity contribution is 5.01. The number of likely N-dealkylation sites (N-methyl/N-ethyl adjacent to an activating group) is 1. The summed E-state index contributed by atoms with van der Waals surface area (Å²) in [5.74, 6) is 2.96. The minimum absolute atomic E-state index is 0.162. The summed E-state index contributed by atoms with van der Waals surface area (Å²) in [7, 11) is 1.84. The predicted molar refractivity (Wildman–Crippen MR) is 111 cm³/mol. The SMILES string of the molecule is CN1C[C@@H](OCCCCCOCC23CC4CC(CC(C4)C2)C3)[C@@H](O)[C@@H](O)[C@H]1CO. The van der Waals surface area contributed by atoms with Gasteiger partial charge in [-0.05, 0) is 88.0 Å². The third kappa shape index (κ3) is 4.99. The molecule has 5 aliphatic rings. The van der Waals surface area contributed by atoms with Crippen molar-refractivity contribution in [2.24, 2.45) is 23.2 Å². The molecule has 4 saturated carbocycles. The molecule has 0 aromatic carbocycles. The molecule has 0 spiro atoms. The first-order valence-corrected chi connectivity index (χ1v) is 11.9. The molecule has 0 amide bonds. The summed E-state index contributed by atoms with van der Waals surface area (Å²) in [5, 5.41) is 29.7. The van der Waals surface area contributed by atoms with Crippen LogP contribution in [0.5, 0.6) is 0 Å². The van der Waals surface area contributed by atoms with E-state index in [2.05, 4.69) is 0 Å². The molecule has 0 aromatic rings. The van der Waals surface area contributed by atoms with Crippen LogP contribution in [0.2, 0.25) is 0 Å². The van der Waals surface area contributed by atoms with Gasteiger partial charge in [0.2, 0.25) is 0 Å². The molecular formula is C23H41NO5. The van der Waals surface area contributed by atoms with Gasteiger partial charge >= 0.3 is 0 Å². The van der Waals surface area contributed by atoms with Crippen molar-refractivity contribution < 1.29 is 24.8 Å². The van der Waals surface area contributed by atoms with Gasteiger partial charge in [0, 0.05) is 19.8 Å². The van der Waals surface area contributed by atoms with E-state index in [0.29, 0.717) is 18.6 Å². The van der Waals surface area contributed by atoms with E-state index in [1.54, 1.807) is 0 Å². The van der Waals surface area contributed by atoms with Crippen molar-refractivity contribution in [1.29, 1.82) is 0 Å². The van der Waals surface area contributed by atoms with E-state index in [0.717, 1.165) is 50.2 Å². The van der Waals surface area contributed by atoms with E-state index in [4.69, 9.17) is 9.47 Å². The van der Waals surface area contributed by atoms with Gasteiger partial charge in [-0.25, -0.2) is 0 Å². The van der Waals surface area contributed by atoms with E-state index in [1.807, 2.05) is 11.9 Å². The molecule has 0 radical (unpaired) electrons. The van der Waals surface area contributed by atoms with Crippen molar-refractivity contribution in [2.45, 2.75) is 82.1 Å². The molecule has 1 aliphatic heterocycles. The summed E-state index contributed by atoms with van der Waals surface area (Å²) in [4.78, 5) is 1.86. The summed E-state index contributed by atoms with van der Waals surface area (Å²) in [5.41, 5.74) is 0.508. The summed E-state index contributed by atoms with van der Waals surface area (Å²) < 4.78 is 12.0. The van der Waals surface area contributed by atoms with Crippen LogP contribution in [0, 0.1) is 23.2 Å². The van der Waals surface area contributed by atoms with Gasteiger partial charge in [-0.3, -0.25) is 4.90 Å². The van der Waals surface area contributed by atoms with Crippen LogP contribution in [0.3, 0.4) is 0 Å².